The molecule has 3 aromatic carbocycles. The van der Waals surface area contributed by atoms with Crippen molar-refractivity contribution in [1.29, 1.82) is 0 Å². The number of carbonyl (C=O) groups excluding carboxylic acids is 2. The average Bonchev–Trinajstić information content (AvgIpc) is 3.53. The molecule has 3 N–H and O–H groups in total. The van der Waals surface area contributed by atoms with E-state index in [1.807, 2.05) is 62.5 Å². The minimum Gasteiger partial charge on any atom is -0.467 e. The number of likely N-dealkylation sites (N-methyl/N-ethyl adjacent to an activating group) is 1. The van der Waals surface area contributed by atoms with Gasteiger partial charge in [0.2, 0.25) is 0 Å². The number of nitrogens with zero attached hydrogens (tertiary/aromatic N) is 1. The molecule has 0 bridgehead atoms. The minimum absolute atomic E-state index is 0.0858. The van der Waals surface area contributed by atoms with E-state index in [1.54, 1.807) is 42.7 Å². The average molecular weight is 540 g/mol. The zero-order chi connectivity index (χ0) is 28.5. The summed E-state index contributed by atoms with van der Waals surface area (Å²) in [5.74, 6) is -0.0186. The molecule has 0 saturated carbocycles. The number of rotatable bonds is 12. The van der Waals surface area contributed by atoms with Crippen molar-refractivity contribution in [1.82, 2.24) is 15.5 Å². The maximum Gasteiger partial charge on any atom is 0.251 e. The topological polar surface area (TPSA) is 94.8 Å². The van der Waals surface area contributed by atoms with E-state index in [4.69, 9.17) is 4.42 Å². The number of carbonyl (C=O) groups is 2. The second kappa shape index (κ2) is 13.7. The first-order chi connectivity index (χ1) is 19.3. The van der Waals surface area contributed by atoms with Crippen molar-refractivity contribution in [3.63, 3.8) is 0 Å². The lowest BCUT2D eigenvalue weighted by Gasteiger charge is -2.31. The maximum atomic E-state index is 13.4. The minimum atomic E-state index is -0.832. The van der Waals surface area contributed by atoms with Crippen LogP contribution < -0.4 is 10.6 Å². The summed E-state index contributed by atoms with van der Waals surface area (Å²) in [6, 6.07) is 29.2. The molecule has 40 heavy (non-hydrogen) atoms. The highest BCUT2D eigenvalue weighted by atomic mass is 16.3. The molecule has 1 heterocycles. The van der Waals surface area contributed by atoms with Gasteiger partial charge in [-0.05, 0) is 68.8 Å². The first-order valence-corrected chi connectivity index (χ1v) is 13.5. The number of hydrogen-bond donors (Lipinski definition) is 3. The fourth-order valence-corrected chi connectivity index (χ4v) is 4.66. The van der Waals surface area contributed by atoms with Gasteiger partial charge < -0.3 is 20.2 Å². The van der Waals surface area contributed by atoms with Gasteiger partial charge in [-0.1, -0.05) is 66.7 Å². The molecule has 1 aromatic heterocycles. The number of aliphatic hydroxyl groups is 1. The van der Waals surface area contributed by atoms with Crippen LogP contribution >= 0.6 is 0 Å². The standard InChI is InChI=1S/C33H37N3O4/c1-23(31-18-11-19-40-31)34-32(38)27-16-10-17-28(21-27)33(39)35-29(20-25-12-6-4-7-13-25)30(37)22-36(3)24(2)26-14-8-5-9-15-26/h4-19,21,23-24,29-30,37H,20,22H2,1-3H3,(H,34,38)(H,35,39)/t23?,24-,29-,30+/m0/s1. The molecule has 4 rings (SSSR count). The summed E-state index contributed by atoms with van der Waals surface area (Å²) in [5.41, 5.74) is 2.86. The fourth-order valence-electron chi connectivity index (χ4n) is 4.66. The maximum absolute atomic E-state index is 13.4. The van der Waals surface area contributed by atoms with E-state index in [9.17, 15) is 14.7 Å². The van der Waals surface area contributed by atoms with Crippen LogP contribution in [0.5, 0.6) is 0 Å². The van der Waals surface area contributed by atoms with Gasteiger partial charge in [0.15, 0.2) is 0 Å². The van der Waals surface area contributed by atoms with Crippen molar-refractivity contribution in [2.24, 2.45) is 0 Å². The van der Waals surface area contributed by atoms with E-state index in [2.05, 4.69) is 34.6 Å². The van der Waals surface area contributed by atoms with E-state index in [-0.39, 0.29) is 23.9 Å². The molecule has 0 aliphatic carbocycles. The molecule has 7 nitrogen and oxygen atoms in total. The van der Waals surface area contributed by atoms with E-state index < -0.39 is 12.1 Å². The fraction of sp³-hybridized carbons (Fsp3) is 0.273. The predicted octanol–water partition coefficient (Wildman–Crippen LogP) is 5.17. The summed E-state index contributed by atoms with van der Waals surface area (Å²) >= 11 is 0. The molecule has 2 amide bonds. The molecular formula is C33H37N3O4. The predicted molar refractivity (Wildman–Crippen MR) is 156 cm³/mol. The summed E-state index contributed by atoms with van der Waals surface area (Å²) in [4.78, 5) is 28.3. The van der Waals surface area contributed by atoms with Crippen LogP contribution in [0.25, 0.3) is 0 Å². The van der Waals surface area contributed by atoms with Crippen LogP contribution in [0.15, 0.2) is 108 Å². The first-order valence-electron chi connectivity index (χ1n) is 13.5. The Labute approximate surface area is 235 Å². The van der Waals surface area contributed by atoms with Crippen molar-refractivity contribution >= 4 is 11.8 Å². The highest BCUT2D eigenvalue weighted by Crippen LogP contribution is 2.20. The third-order valence-electron chi connectivity index (χ3n) is 7.20. The lowest BCUT2D eigenvalue weighted by Crippen LogP contribution is -2.49. The van der Waals surface area contributed by atoms with Gasteiger partial charge in [0, 0.05) is 23.7 Å². The van der Waals surface area contributed by atoms with Crippen molar-refractivity contribution in [3.05, 3.63) is 131 Å². The Balaban J connectivity index is 1.46. The number of nitrogens with one attached hydrogen (secondary N) is 2. The monoisotopic (exact) mass is 539 g/mol. The number of benzene rings is 3. The molecule has 0 aliphatic rings. The quantitative estimate of drug-likeness (QED) is 0.231. The molecule has 4 atom stereocenters. The Morgan fingerprint density at radius 2 is 1.45 bits per heavy atom. The molecule has 0 saturated heterocycles. The van der Waals surface area contributed by atoms with E-state index in [1.165, 1.54) is 0 Å². The van der Waals surface area contributed by atoms with Gasteiger partial charge in [0.1, 0.15) is 5.76 Å². The summed E-state index contributed by atoms with van der Waals surface area (Å²) in [6.45, 7) is 4.29. The van der Waals surface area contributed by atoms with Gasteiger partial charge in [-0.3, -0.25) is 14.5 Å². The highest BCUT2D eigenvalue weighted by molar-refractivity contribution is 5.99. The van der Waals surface area contributed by atoms with Crippen molar-refractivity contribution in [3.8, 4) is 0 Å². The molecule has 4 aromatic rings. The molecule has 0 radical (unpaired) electrons. The molecule has 0 fully saturated rings. The number of aliphatic hydroxyl groups excluding tert-OH is 1. The second-order valence-corrected chi connectivity index (χ2v) is 10.2. The zero-order valence-corrected chi connectivity index (χ0v) is 23.2. The Hall–Kier alpha value is -4.20. The third kappa shape index (κ3) is 7.68. The van der Waals surface area contributed by atoms with Crippen molar-refractivity contribution in [2.75, 3.05) is 13.6 Å². The van der Waals surface area contributed by atoms with Crippen LogP contribution in [-0.4, -0.2) is 47.6 Å². The largest absolute Gasteiger partial charge is 0.467 e. The van der Waals surface area contributed by atoms with E-state index in [0.717, 1.165) is 11.1 Å². The van der Waals surface area contributed by atoms with Crippen molar-refractivity contribution < 1.29 is 19.1 Å². The summed E-state index contributed by atoms with van der Waals surface area (Å²) in [7, 11) is 1.97. The van der Waals surface area contributed by atoms with Crippen LogP contribution in [-0.2, 0) is 6.42 Å². The smallest absolute Gasteiger partial charge is 0.251 e. The van der Waals surface area contributed by atoms with Crippen LogP contribution in [0.2, 0.25) is 0 Å². The second-order valence-electron chi connectivity index (χ2n) is 10.2. The molecular weight excluding hydrogens is 502 g/mol. The lowest BCUT2D eigenvalue weighted by molar-refractivity contribution is 0.0656. The van der Waals surface area contributed by atoms with Gasteiger partial charge in [-0.2, -0.15) is 0 Å². The first kappa shape index (κ1) is 28.8. The van der Waals surface area contributed by atoms with E-state index >= 15 is 0 Å². The number of furan rings is 1. The van der Waals surface area contributed by atoms with Gasteiger partial charge in [-0.25, -0.2) is 0 Å². The van der Waals surface area contributed by atoms with Gasteiger partial charge >= 0.3 is 0 Å². The Morgan fingerprint density at radius 3 is 2.08 bits per heavy atom. The van der Waals surface area contributed by atoms with Crippen LogP contribution in [0.4, 0.5) is 0 Å². The Bertz CT molecular complexity index is 1360. The lowest BCUT2D eigenvalue weighted by atomic mass is 9.99. The van der Waals surface area contributed by atoms with Crippen LogP contribution in [0.3, 0.4) is 0 Å². The van der Waals surface area contributed by atoms with Crippen molar-refractivity contribution in [2.45, 2.75) is 44.5 Å². The van der Waals surface area contributed by atoms with Gasteiger partial charge in [0.25, 0.3) is 11.8 Å². The molecule has 0 spiro atoms. The SMILES string of the molecule is CC(NC(=O)c1cccc(C(=O)N[C@@H](Cc2ccccc2)[C@H](O)CN(C)[C@@H](C)c2ccccc2)c1)c1ccco1. The van der Waals surface area contributed by atoms with Crippen LogP contribution in [0, 0.1) is 0 Å². The third-order valence-corrected chi connectivity index (χ3v) is 7.20. The molecule has 7 heteroatoms. The summed E-state index contributed by atoms with van der Waals surface area (Å²) in [5, 5.41) is 17.3. The van der Waals surface area contributed by atoms with E-state index in [0.29, 0.717) is 29.9 Å². The number of amides is 2. The zero-order valence-electron chi connectivity index (χ0n) is 23.2. The normalized spacial score (nSPS) is 14.2. The summed E-state index contributed by atoms with van der Waals surface area (Å²) < 4.78 is 5.37. The Morgan fingerprint density at radius 1 is 0.825 bits per heavy atom. The Kier molecular flexibility index (Phi) is 9.89. The molecule has 0 aliphatic heterocycles. The molecule has 208 valence electrons. The molecule has 1 unspecified atom stereocenters. The van der Waals surface area contributed by atoms with Crippen LogP contribution in [0.1, 0.15) is 63.5 Å². The van der Waals surface area contributed by atoms with Gasteiger partial charge in [0.05, 0.1) is 24.5 Å². The highest BCUT2D eigenvalue weighted by Gasteiger charge is 2.26. The summed E-state index contributed by atoms with van der Waals surface area (Å²) in [6.07, 6.45) is 1.19. The van der Waals surface area contributed by atoms with Gasteiger partial charge in [-0.15, -0.1) is 0 Å². The number of hydrogen-bond acceptors (Lipinski definition) is 5.